The second-order valence-electron chi connectivity index (χ2n) is 5.90. The van der Waals surface area contributed by atoms with Gasteiger partial charge < -0.3 is 20.5 Å². The summed E-state index contributed by atoms with van der Waals surface area (Å²) in [5.41, 5.74) is 8.99. The highest BCUT2D eigenvalue weighted by Gasteiger charge is 2.17. The third kappa shape index (κ3) is 5.85. The van der Waals surface area contributed by atoms with Gasteiger partial charge in [0.05, 0.1) is 0 Å². The van der Waals surface area contributed by atoms with Crippen LogP contribution in [0.3, 0.4) is 0 Å². The van der Waals surface area contributed by atoms with Crippen molar-refractivity contribution in [2.24, 2.45) is 5.73 Å². The maximum Gasteiger partial charge on any atom is 0.328 e. The SMILES string of the molecule is C=CC[C@H](N)c1cc(F)ccc1-c1noc2ccccc12.O=C(O)/C=C/C(=O)O. The minimum Gasteiger partial charge on any atom is -0.478 e. The Labute approximate surface area is 165 Å². The lowest BCUT2D eigenvalue weighted by Crippen LogP contribution is -2.11. The van der Waals surface area contributed by atoms with Gasteiger partial charge in [-0.05, 0) is 42.3 Å². The molecule has 150 valence electrons. The van der Waals surface area contributed by atoms with Crippen LogP contribution in [0.25, 0.3) is 22.2 Å². The molecule has 1 aromatic heterocycles. The predicted octanol–water partition coefficient (Wildman–Crippen LogP) is 3.92. The zero-order chi connectivity index (χ0) is 21.4. The minimum absolute atomic E-state index is 0.318. The second kappa shape index (κ2) is 9.95. The Bertz CT molecular complexity index is 1040. The lowest BCUT2D eigenvalue weighted by molar-refractivity contribution is -0.134. The summed E-state index contributed by atoms with van der Waals surface area (Å²) in [6, 6.07) is 11.8. The summed E-state index contributed by atoms with van der Waals surface area (Å²) in [5, 5.41) is 20.6. The van der Waals surface area contributed by atoms with Gasteiger partial charge in [-0.15, -0.1) is 6.58 Å². The van der Waals surface area contributed by atoms with Crippen LogP contribution in [0.2, 0.25) is 0 Å². The Kier molecular flexibility index (Phi) is 7.39. The molecule has 0 amide bonds. The summed E-state index contributed by atoms with van der Waals surface area (Å²) in [4.78, 5) is 19.1. The van der Waals surface area contributed by atoms with Gasteiger partial charge in [-0.3, -0.25) is 0 Å². The van der Waals surface area contributed by atoms with Crippen molar-refractivity contribution in [2.75, 3.05) is 0 Å². The van der Waals surface area contributed by atoms with Crippen LogP contribution in [0, 0.1) is 5.82 Å². The molecular weight excluding hydrogens is 379 g/mol. The molecule has 1 atom stereocenters. The molecule has 0 radical (unpaired) electrons. The summed E-state index contributed by atoms with van der Waals surface area (Å²) in [6.45, 7) is 3.68. The standard InChI is InChI=1S/C17H15FN2O.C4H4O4/c1-2-5-15(19)14-10-11(18)8-9-12(14)17-13-6-3-4-7-16(13)21-20-17;5-3(6)1-2-4(7)8/h2-4,6-10,15H,1,5,19H2;1-2H,(H,5,6)(H,7,8)/b;2-1+/t15-;/m0./s1. The molecule has 0 aliphatic rings. The number of carboxylic acids is 2. The van der Waals surface area contributed by atoms with Crippen LogP contribution in [0.4, 0.5) is 4.39 Å². The van der Waals surface area contributed by atoms with E-state index in [2.05, 4.69) is 11.7 Å². The average Bonchev–Trinajstić information content (AvgIpc) is 3.11. The number of aromatic nitrogens is 1. The Morgan fingerprint density at radius 3 is 2.45 bits per heavy atom. The molecule has 29 heavy (non-hydrogen) atoms. The molecule has 1 heterocycles. The van der Waals surface area contributed by atoms with Crippen molar-refractivity contribution in [1.82, 2.24) is 5.16 Å². The second-order valence-corrected chi connectivity index (χ2v) is 5.90. The van der Waals surface area contributed by atoms with Crippen LogP contribution >= 0.6 is 0 Å². The van der Waals surface area contributed by atoms with Crippen molar-refractivity contribution < 1.29 is 28.7 Å². The van der Waals surface area contributed by atoms with Crippen LogP contribution in [0.1, 0.15) is 18.0 Å². The number of nitrogens with zero attached hydrogens (tertiary/aromatic N) is 1. The van der Waals surface area contributed by atoms with Crippen LogP contribution in [-0.2, 0) is 9.59 Å². The largest absolute Gasteiger partial charge is 0.478 e. The third-order valence-electron chi connectivity index (χ3n) is 3.83. The van der Waals surface area contributed by atoms with Crippen molar-refractivity contribution in [3.05, 3.63) is 78.7 Å². The number of fused-ring (bicyclic) bond motifs is 1. The lowest BCUT2D eigenvalue weighted by Gasteiger charge is -2.14. The number of carbonyl (C=O) groups is 2. The first-order valence-corrected chi connectivity index (χ1v) is 8.48. The summed E-state index contributed by atoms with van der Waals surface area (Å²) in [7, 11) is 0. The average molecular weight is 398 g/mol. The van der Waals surface area contributed by atoms with Gasteiger partial charge >= 0.3 is 11.9 Å². The first-order valence-electron chi connectivity index (χ1n) is 8.48. The smallest absolute Gasteiger partial charge is 0.328 e. The predicted molar refractivity (Wildman–Crippen MR) is 106 cm³/mol. The summed E-state index contributed by atoms with van der Waals surface area (Å²) in [5.74, 6) is -2.83. The van der Waals surface area contributed by atoms with Gasteiger partial charge in [0.1, 0.15) is 11.5 Å². The molecule has 3 rings (SSSR count). The Hall–Kier alpha value is -3.78. The van der Waals surface area contributed by atoms with Crippen molar-refractivity contribution in [3.8, 4) is 11.3 Å². The molecule has 0 saturated heterocycles. The van der Waals surface area contributed by atoms with Gasteiger partial charge in [-0.1, -0.05) is 23.4 Å². The Morgan fingerprint density at radius 2 is 1.83 bits per heavy atom. The molecule has 0 fully saturated rings. The molecule has 8 heteroatoms. The van der Waals surface area contributed by atoms with E-state index < -0.39 is 11.9 Å². The van der Waals surface area contributed by atoms with E-state index in [-0.39, 0.29) is 11.9 Å². The number of para-hydroxylation sites is 1. The van der Waals surface area contributed by atoms with Gasteiger partial charge in [0, 0.05) is 29.1 Å². The van der Waals surface area contributed by atoms with E-state index in [4.69, 9.17) is 20.5 Å². The zero-order valence-corrected chi connectivity index (χ0v) is 15.3. The molecule has 7 nitrogen and oxygen atoms in total. The first kappa shape index (κ1) is 21.5. The van der Waals surface area contributed by atoms with Crippen LogP contribution < -0.4 is 5.73 Å². The van der Waals surface area contributed by atoms with Crippen molar-refractivity contribution in [2.45, 2.75) is 12.5 Å². The number of halogens is 1. The molecule has 0 saturated carbocycles. The molecule has 0 bridgehead atoms. The third-order valence-corrected chi connectivity index (χ3v) is 3.83. The van der Waals surface area contributed by atoms with Crippen LogP contribution in [-0.4, -0.2) is 27.3 Å². The normalized spacial score (nSPS) is 11.7. The van der Waals surface area contributed by atoms with E-state index in [1.165, 1.54) is 12.1 Å². The number of hydrogen-bond donors (Lipinski definition) is 3. The fourth-order valence-corrected chi connectivity index (χ4v) is 2.59. The maximum absolute atomic E-state index is 13.6. The minimum atomic E-state index is -1.26. The Morgan fingerprint density at radius 1 is 1.17 bits per heavy atom. The quantitative estimate of drug-likeness (QED) is 0.424. The number of carboxylic acid groups (broad SMARTS) is 2. The van der Waals surface area contributed by atoms with Crippen molar-refractivity contribution in [1.29, 1.82) is 0 Å². The van der Waals surface area contributed by atoms with Crippen LogP contribution in [0.15, 0.2) is 71.8 Å². The molecule has 0 aliphatic carbocycles. The topological polar surface area (TPSA) is 127 Å². The van der Waals surface area contributed by atoms with E-state index in [1.54, 1.807) is 12.1 Å². The van der Waals surface area contributed by atoms with Gasteiger partial charge in [0.15, 0.2) is 5.58 Å². The lowest BCUT2D eigenvalue weighted by atomic mass is 9.95. The first-order chi connectivity index (χ1) is 13.8. The van der Waals surface area contributed by atoms with Crippen LogP contribution in [0.5, 0.6) is 0 Å². The molecule has 0 unspecified atom stereocenters. The molecule has 4 N–H and O–H groups in total. The summed E-state index contributed by atoms with van der Waals surface area (Å²) < 4.78 is 18.9. The number of rotatable bonds is 6. The highest BCUT2D eigenvalue weighted by Crippen LogP contribution is 2.33. The van der Waals surface area contributed by atoms with E-state index >= 15 is 0 Å². The molecular formula is C21H19FN2O5. The molecule has 0 spiro atoms. The van der Waals surface area contributed by atoms with Gasteiger partial charge in [0.25, 0.3) is 0 Å². The summed E-state index contributed by atoms with van der Waals surface area (Å²) >= 11 is 0. The zero-order valence-electron chi connectivity index (χ0n) is 15.3. The van der Waals surface area contributed by atoms with E-state index in [9.17, 15) is 14.0 Å². The van der Waals surface area contributed by atoms with Crippen molar-refractivity contribution >= 4 is 22.9 Å². The highest BCUT2D eigenvalue weighted by molar-refractivity contribution is 5.92. The fraction of sp³-hybridized carbons (Fsp3) is 0.0952. The molecule has 0 aliphatic heterocycles. The number of nitrogens with two attached hydrogens (primary N) is 1. The van der Waals surface area contributed by atoms with Crippen molar-refractivity contribution in [3.63, 3.8) is 0 Å². The van der Waals surface area contributed by atoms with Gasteiger partial charge in [-0.25, -0.2) is 14.0 Å². The number of aliphatic carboxylic acids is 2. The number of hydrogen-bond acceptors (Lipinski definition) is 5. The maximum atomic E-state index is 13.6. The summed E-state index contributed by atoms with van der Waals surface area (Å²) in [6.07, 6.45) is 3.40. The molecule has 3 aromatic rings. The van der Waals surface area contributed by atoms with E-state index in [0.717, 1.165) is 10.9 Å². The molecule has 2 aromatic carbocycles. The van der Waals surface area contributed by atoms with Gasteiger partial charge in [0.2, 0.25) is 0 Å². The fourth-order valence-electron chi connectivity index (χ4n) is 2.59. The monoisotopic (exact) mass is 398 g/mol. The van der Waals surface area contributed by atoms with E-state index in [0.29, 0.717) is 35.4 Å². The Balaban J connectivity index is 0.000000321. The number of benzene rings is 2. The van der Waals surface area contributed by atoms with Gasteiger partial charge in [-0.2, -0.15) is 0 Å². The highest BCUT2D eigenvalue weighted by atomic mass is 19.1. The van der Waals surface area contributed by atoms with E-state index in [1.807, 2.05) is 24.3 Å².